The maximum Gasteiger partial charge on any atom is 0.164 e. The molecule has 0 unspecified atom stereocenters. The smallest absolute Gasteiger partial charge is 0.164 e. The number of benzene rings is 8. The Hall–Kier alpha value is -7.63. The third-order valence-corrected chi connectivity index (χ3v) is 12.2. The zero-order valence-electron chi connectivity index (χ0n) is 32.5. The number of fused-ring (bicyclic) bond motifs is 10. The van der Waals surface area contributed by atoms with Gasteiger partial charge in [-0.15, -0.1) is 0 Å². The Labute approximate surface area is 340 Å². The number of nitrogens with zero attached hydrogens (tertiary/aromatic N) is 4. The van der Waals surface area contributed by atoms with Gasteiger partial charge in [0, 0.05) is 49.3 Å². The molecule has 0 radical (unpaired) electrons. The molecule has 59 heavy (non-hydrogen) atoms. The standard InChI is InChI=1S/C54H36N4O/c1-54(2)44-20-9-6-17-39(44)42-29-30-46-49(50(42)54)43-19-7-10-21-45(43)58(46)38-16-12-15-36(31-38)52-55-51(35-25-23-34(24-26-35)33-13-4-3-5-14-33)56-53(57-52)37-27-28-41-40-18-8-11-22-47(40)59-48(41)32-37/h3-32H,1-2H3. The minimum atomic E-state index is -0.148. The number of para-hydroxylation sites is 2. The van der Waals surface area contributed by atoms with Gasteiger partial charge in [-0.25, -0.2) is 15.0 Å². The predicted molar refractivity (Wildman–Crippen MR) is 241 cm³/mol. The van der Waals surface area contributed by atoms with Crippen LogP contribution in [0.1, 0.15) is 25.0 Å². The molecule has 0 amide bonds. The average Bonchev–Trinajstić information content (AvgIpc) is 3.91. The van der Waals surface area contributed by atoms with E-state index in [2.05, 4.69) is 170 Å². The molecule has 3 heterocycles. The molecule has 5 heteroatoms. The zero-order valence-corrected chi connectivity index (χ0v) is 32.5. The first-order valence-electron chi connectivity index (χ1n) is 20.1. The fourth-order valence-electron chi connectivity index (χ4n) is 9.46. The Morgan fingerprint density at radius 3 is 1.86 bits per heavy atom. The van der Waals surface area contributed by atoms with Crippen molar-refractivity contribution in [3.05, 3.63) is 193 Å². The summed E-state index contributed by atoms with van der Waals surface area (Å²) in [7, 11) is 0. The molecular formula is C54H36N4O. The maximum absolute atomic E-state index is 6.31. The van der Waals surface area contributed by atoms with Gasteiger partial charge in [0.2, 0.25) is 0 Å². The summed E-state index contributed by atoms with van der Waals surface area (Å²) >= 11 is 0. The van der Waals surface area contributed by atoms with Gasteiger partial charge in [0.15, 0.2) is 17.5 Å². The van der Waals surface area contributed by atoms with Crippen LogP contribution in [0.15, 0.2) is 186 Å². The first-order valence-corrected chi connectivity index (χ1v) is 20.1. The Morgan fingerprint density at radius 1 is 0.424 bits per heavy atom. The van der Waals surface area contributed by atoms with Gasteiger partial charge in [-0.05, 0) is 75.8 Å². The van der Waals surface area contributed by atoms with E-state index >= 15 is 0 Å². The highest BCUT2D eigenvalue weighted by Gasteiger charge is 2.38. The predicted octanol–water partition coefficient (Wildman–Crippen LogP) is 13.8. The van der Waals surface area contributed by atoms with Crippen LogP contribution in [-0.4, -0.2) is 19.5 Å². The number of rotatable bonds is 5. The maximum atomic E-state index is 6.31. The average molecular weight is 757 g/mol. The molecule has 8 aromatic carbocycles. The summed E-state index contributed by atoms with van der Waals surface area (Å²) < 4.78 is 8.71. The van der Waals surface area contributed by atoms with Crippen molar-refractivity contribution in [2.45, 2.75) is 19.3 Å². The summed E-state index contributed by atoms with van der Waals surface area (Å²) in [6, 6.07) is 64.1. The molecule has 0 saturated heterocycles. The van der Waals surface area contributed by atoms with Crippen molar-refractivity contribution in [2.75, 3.05) is 0 Å². The van der Waals surface area contributed by atoms with E-state index in [-0.39, 0.29) is 5.41 Å². The van der Waals surface area contributed by atoms with Crippen LogP contribution < -0.4 is 0 Å². The van der Waals surface area contributed by atoms with Crippen LogP contribution >= 0.6 is 0 Å². The molecule has 0 aliphatic heterocycles. The van der Waals surface area contributed by atoms with Gasteiger partial charge in [-0.1, -0.05) is 153 Å². The van der Waals surface area contributed by atoms with E-state index in [1.807, 2.05) is 30.3 Å². The van der Waals surface area contributed by atoms with E-state index in [0.29, 0.717) is 17.5 Å². The van der Waals surface area contributed by atoms with Crippen LogP contribution in [0.3, 0.4) is 0 Å². The van der Waals surface area contributed by atoms with Crippen LogP contribution in [-0.2, 0) is 5.41 Å². The van der Waals surface area contributed by atoms with Crippen LogP contribution in [0.2, 0.25) is 0 Å². The second-order valence-electron chi connectivity index (χ2n) is 16.0. The molecular weight excluding hydrogens is 721 g/mol. The molecule has 1 aliphatic carbocycles. The van der Waals surface area contributed by atoms with Gasteiger partial charge in [0.1, 0.15) is 11.2 Å². The Kier molecular flexibility index (Phi) is 7.20. The lowest BCUT2D eigenvalue weighted by atomic mass is 9.80. The van der Waals surface area contributed by atoms with Gasteiger partial charge in [0.25, 0.3) is 0 Å². The highest BCUT2D eigenvalue weighted by molar-refractivity contribution is 6.14. The van der Waals surface area contributed by atoms with Crippen LogP contribution in [0.5, 0.6) is 0 Å². The number of furan rings is 1. The monoisotopic (exact) mass is 756 g/mol. The molecule has 0 fully saturated rings. The molecule has 0 bridgehead atoms. The summed E-state index contributed by atoms with van der Waals surface area (Å²) in [5.74, 6) is 1.79. The Balaban J connectivity index is 1.03. The number of aromatic nitrogens is 4. The van der Waals surface area contributed by atoms with Crippen LogP contribution in [0, 0.1) is 0 Å². The third kappa shape index (κ3) is 5.14. The third-order valence-electron chi connectivity index (χ3n) is 12.2. The summed E-state index contributed by atoms with van der Waals surface area (Å²) in [6.45, 7) is 4.72. The highest BCUT2D eigenvalue weighted by Crippen LogP contribution is 2.53. The minimum Gasteiger partial charge on any atom is -0.456 e. The van der Waals surface area contributed by atoms with E-state index in [4.69, 9.17) is 19.4 Å². The molecule has 1 aliphatic rings. The molecule has 5 nitrogen and oxygen atoms in total. The second-order valence-corrected chi connectivity index (χ2v) is 16.0. The lowest BCUT2D eigenvalue weighted by molar-refractivity contribution is 0.666. The van der Waals surface area contributed by atoms with E-state index in [0.717, 1.165) is 61.0 Å². The molecule has 0 saturated carbocycles. The molecule has 12 rings (SSSR count). The van der Waals surface area contributed by atoms with Crippen molar-refractivity contribution < 1.29 is 4.42 Å². The molecule has 278 valence electrons. The molecule has 3 aromatic heterocycles. The first kappa shape index (κ1) is 33.5. The lowest BCUT2D eigenvalue weighted by Gasteiger charge is -2.22. The van der Waals surface area contributed by atoms with E-state index in [9.17, 15) is 0 Å². The van der Waals surface area contributed by atoms with Crippen LogP contribution in [0.25, 0.3) is 106 Å². The number of hydrogen-bond donors (Lipinski definition) is 0. The van der Waals surface area contributed by atoms with Crippen molar-refractivity contribution in [1.82, 2.24) is 19.5 Å². The van der Waals surface area contributed by atoms with Crippen molar-refractivity contribution in [1.29, 1.82) is 0 Å². The normalized spacial score (nSPS) is 13.1. The van der Waals surface area contributed by atoms with Crippen molar-refractivity contribution in [3.8, 4) is 62.1 Å². The van der Waals surface area contributed by atoms with E-state index in [1.54, 1.807) is 0 Å². The second kappa shape index (κ2) is 12.7. The Bertz CT molecular complexity index is 3470. The van der Waals surface area contributed by atoms with Gasteiger partial charge in [-0.3, -0.25) is 0 Å². The molecule has 0 atom stereocenters. The molecule has 0 N–H and O–H groups in total. The molecule has 11 aromatic rings. The summed E-state index contributed by atoms with van der Waals surface area (Å²) in [4.78, 5) is 15.5. The fourth-order valence-corrected chi connectivity index (χ4v) is 9.46. The molecule has 0 spiro atoms. The van der Waals surface area contributed by atoms with Crippen molar-refractivity contribution in [2.24, 2.45) is 0 Å². The quantitative estimate of drug-likeness (QED) is 0.175. The zero-order chi connectivity index (χ0) is 39.2. The highest BCUT2D eigenvalue weighted by atomic mass is 16.3. The SMILES string of the molecule is CC1(C)c2ccccc2-c2ccc3c(c21)c1ccccc1n3-c1cccc(-c2nc(-c3ccc(-c4ccccc4)cc3)nc(-c3ccc4c(c3)oc3ccccc34)n2)c1. The van der Waals surface area contributed by atoms with E-state index < -0.39 is 0 Å². The summed E-state index contributed by atoms with van der Waals surface area (Å²) in [5, 5.41) is 4.70. The minimum absolute atomic E-state index is 0.148. The summed E-state index contributed by atoms with van der Waals surface area (Å²) in [6.07, 6.45) is 0. The summed E-state index contributed by atoms with van der Waals surface area (Å²) in [5.41, 5.74) is 15.3. The van der Waals surface area contributed by atoms with E-state index in [1.165, 1.54) is 38.5 Å². The van der Waals surface area contributed by atoms with Crippen molar-refractivity contribution in [3.63, 3.8) is 0 Å². The topological polar surface area (TPSA) is 56.7 Å². The lowest BCUT2D eigenvalue weighted by Crippen LogP contribution is -2.15. The van der Waals surface area contributed by atoms with Crippen LogP contribution in [0.4, 0.5) is 0 Å². The number of hydrogen-bond acceptors (Lipinski definition) is 4. The Morgan fingerprint density at radius 2 is 1.03 bits per heavy atom. The van der Waals surface area contributed by atoms with Gasteiger partial charge < -0.3 is 8.98 Å². The van der Waals surface area contributed by atoms with Crippen molar-refractivity contribution >= 4 is 43.7 Å². The van der Waals surface area contributed by atoms with Gasteiger partial charge >= 0.3 is 0 Å². The van der Waals surface area contributed by atoms with Gasteiger partial charge in [-0.2, -0.15) is 0 Å². The van der Waals surface area contributed by atoms with Gasteiger partial charge in [0.05, 0.1) is 11.0 Å². The fraction of sp³-hybridized carbons (Fsp3) is 0.0556. The largest absolute Gasteiger partial charge is 0.456 e. The first-order chi connectivity index (χ1) is 29.0.